The minimum atomic E-state index is -1.26. The zero-order chi connectivity index (χ0) is 12.6. The number of halogens is 1. The lowest BCUT2D eigenvalue weighted by Crippen LogP contribution is -2.21. The van der Waals surface area contributed by atoms with Crippen LogP contribution < -0.4 is 5.56 Å². The molecule has 0 saturated heterocycles. The van der Waals surface area contributed by atoms with Gasteiger partial charge >= 0.3 is 5.97 Å². The fourth-order valence-corrected chi connectivity index (χ4v) is 2.74. The van der Waals surface area contributed by atoms with Crippen molar-refractivity contribution in [2.45, 2.75) is 6.92 Å². The summed E-state index contributed by atoms with van der Waals surface area (Å²) in [5.41, 5.74) is 0.0777. The maximum atomic E-state index is 11.6. The first-order valence-corrected chi connectivity index (χ1v) is 6.53. The second kappa shape index (κ2) is 4.57. The highest BCUT2D eigenvalue weighted by Gasteiger charge is 2.15. The van der Waals surface area contributed by atoms with E-state index < -0.39 is 11.5 Å². The van der Waals surface area contributed by atoms with E-state index in [1.807, 2.05) is 11.4 Å². The summed E-state index contributed by atoms with van der Waals surface area (Å²) in [6.45, 7) is 1.51. The van der Waals surface area contributed by atoms with Crippen LogP contribution in [0, 0.1) is 9.81 Å². The van der Waals surface area contributed by atoms with E-state index in [1.54, 1.807) is 0 Å². The maximum Gasteiger partial charge on any atom is 0.343 e. The van der Waals surface area contributed by atoms with Gasteiger partial charge in [0.05, 0.1) is 8.58 Å². The lowest BCUT2D eigenvalue weighted by molar-refractivity contribution is 0.0693. The molecule has 0 aliphatic carbocycles. The number of hydrogen-bond acceptors (Lipinski definition) is 4. The van der Waals surface area contributed by atoms with Crippen LogP contribution in [0.2, 0.25) is 0 Å². The standard InChI is InChI=1S/C10H7IN2O3S/c1-4-7(10(15)16)9(14)13-8(12-4)5-2-6(11)17-3-5/h2-3H,1H3,(H,15,16)(H,12,13,14). The molecule has 88 valence electrons. The number of aryl methyl sites for hydroxylation is 1. The minimum absolute atomic E-state index is 0.220. The van der Waals surface area contributed by atoms with Gasteiger partial charge in [-0.25, -0.2) is 9.78 Å². The van der Waals surface area contributed by atoms with Crippen LogP contribution in [0.25, 0.3) is 11.4 Å². The van der Waals surface area contributed by atoms with Crippen LogP contribution in [0.1, 0.15) is 16.1 Å². The van der Waals surface area contributed by atoms with Gasteiger partial charge in [-0.05, 0) is 35.6 Å². The number of thiophene rings is 1. The number of hydrogen-bond donors (Lipinski definition) is 2. The number of carboxylic acids is 1. The number of H-pyrrole nitrogens is 1. The first kappa shape index (κ1) is 12.2. The molecule has 0 atom stereocenters. The van der Waals surface area contributed by atoms with E-state index in [1.165, 1.54) is 18.3 Å². The number of aromatic amines is 1. The molecule has 0 aliphatic heterocycles. The van der Waals surface area contributed by atoms with Gasteiger partial charge in [0, 0.05) is 10.9 Å². The van der Waals surface area contributed by atoms with Crippen molar-refractivity contribution in [3.05, 3.63) is 35.9 Å². The Morgan fingerprint density at radius 2 is 2.29 bits per heavy atom. The molecule has 0 amide bonds. The number of rotatable bonds is 2. The SMILES string of the molecule is Cc1nc(-c2csc(I)c2)[nH]c(=O)c1C(=O)O. The molecule has 0 unspecified atom stereocenters. The number of carboxylic acid groups (broad SMARTS) is 1. The van der Waals surface area contributed by atoms with Crippen LogP contribution in [0.4, 0.5) is 0 Å². The number of aromatic carboxylic acids is 1. The zero-order valence-corrected chi connectivity index (χ0v) is 11.6. The third kappa shape index (κ3) is 2.39. The molecule has 2 heterocycles. The van der Waals surface area contributed by atoms with Gasteiger partial charge in [-0.15, -0.1) is 11.3 Å². The second-order valence-corrected chi connectivity index (χ2v) is 6.13. The fourth-order valence-electron chi connectivity index (χ4n) is 1.41. The van der Waals surface area contributed by atoms with Crippen LogP contribution in [-0.4, -0.2) is 21.0 Å². The Kier molecular flexibility index (Phi) is 3.29. The molecule has 5 nitrogen and oxygen atoms in total. The lowest BCUT2D eigenvalue weighted by atomic mass is 10.2. The summed E-state index contributed by atoms with van der Waals surface area (Å²) in [5, 5.41) is 10.7. The van der Waals surface area contributed by atoms with E-state index in [-0.39, 0.29) is 11.3 Å². The van der Waals surface area contributed by atoms with E-state index in [0.717, 1.165) is 8.45 Å². The summed E-state index contributed by atoms with van der Waals surface area (Å²) in [4.78, 5) is 29.0. The van der Waals surface area contributed by atoms with Crippen LogP contribution in [-0.2, 0) is 0 Å². The van der Waals surface area contributed by atoms with Crippen molar-refractivity contribution in [1.82, 2.24) is 9.97 Å². The highest BCUT2D eigenvalue weighted by atomic mass is 127. The molecule has 17 heavy (non-hydrogen) atoms. The monoisotopic (exact) mass is 362 g/mol. The Hall–Kier alpha value is -1.22. The molecule has 0 aromatic carbocycles. The summed E-state index contributed by atoms with van der Waals surface area (Å²) in [6, 6.07) is 1.88. The van der Waals surface area contributed by atoms with E-state index in [2.05, 4.69) is 32.6 Å². The molecule has 0 aliphatic rings. The molecule has 0 fully saturated rings. The average molecular weight is 362 g/mol. The highest BCUT2D eigenvalue weighted by molar-refractivity contribution is 14.1. The summed E-state index contributed by atoms with van der Waals surface area (Å²) in [6.07, 6.45) is 0. The quantitative estimate of drug-likeness (QED) is 0.802. The maximum absolute atomic E-state index is 11.6. The molecule has 0 spiro atoms. The fraction of sp³-hybridized carbons (Fsp3) is 0.100. The number of nitrogens with one attached hydrogen (secondary N) is 1. The molecular formula is C10H7IN2O3S. The molecule has 2 rings (SSSR count). The molecule has 0 bridgehead atoms. The van der Waals surface area contributed by atoms with Crippen LogP contribution in [0.5, 0.6) is 0 Å². The van der Waals surface area contributed by atoms with Gasteiger partial charge < -0.3 is 10.1 Å². The third-order valence-corrected chi connectivity index (χ3v) is 3.94. The van der Waals surface area contributed by atoms with Crippen molar-refractivity contribution >= 4 is 39.9 Å². The van der Waals surface area contributed by atoms with Gasteiger partial charge in [0.25, 0.3) is 5.56 Å². The summed E-state index contributed by atoms with van der Waals surface area (Å²) in [7, 11) is 0. The summed E-state index contributed by atoms with van der Waals surface area (Å²) < 4.78 is 1.07. The van der Waals surface area contributed by atoms with E-state index in [4.69, 9.17) is 5.11 Å². The molecular weight excluding hydrogens is 355 g/mol. The van der Waals surface area contributed by atoms with Crippen LogP contribution >= 0.6 is 33.9 Å². The zero-order valence-electron chi connectivity index (χ0n) is 8.65. The molecule has 2 N–H and O–H groups in total. The Bertz CT molecular complexity index is 647. The van der Waals surface area contributed by atoms with Crippen molar-refractivity contribution in [1.29, 1.82) is 0 Å². The van der Waals surface area contributed by atoms with Crippen molar-refractivity contribution in [3.63, 3.8) is 0 Å². The van der Waals surface area contributed by atoms with E-state index in [9.17, 15) is 9.59 Å². The Labute approximate surface area is 114 Å². The highest BCUT2D eigenvalue weighted by Crippen LogP contribution is 2.23. The van der Waals surface area contributed by atoms with Crippen LogP contribution in [0.15, 0.2) is 16.2 Å². The van der Waals surface area contributed by atoms with Crippen molar-refractivity contribution in [3.8, 4) is 11.4 Å². The largest absolute Gasteiger partial charge is 0.477 e. The average Bonchev–Trinajstić information content (AvgIpc) is 2.63. The van der Waals surface area contributed by atoms with Gasteiger partial charge in [-0.1, -0.05) is 0 Å². The molecule has 2 aromatic heterocycles. The smallest absolute Gasteiger partial charge is 0.343 e. The molecule has 7 heteroatoms. The molecule has 0 saturated carbocycles. The number of carbonyl (C=O) groups is 1. The van der Waals surface area contributed by atoms with Crippen LogP contribution in [0.3, 0.4) is 0 Å². The van der Waals surface area contributed by atoms with E-state index >= 15 is 0 Å². The summed E-state index contributed by atoms with van der Waals surface area (Å²) >= 11 is 3.70. The van der Waals surface area contributed by atoms with Crippen molar-refractivity contribution < 1.29 is 9.90 Å². The van der Waals surface area contributed by atoms with Gasteiger partial charge in [0.15, 0.2) is 0 Å². The Morgan fingerprint density at radius 3 is 2.76 bits per heavy atom. The van der Waals surface area contributed by atoms with Gasteiger partial charge in [0.2, 0.25) is 0 Å². The first-order valence-electron chi connectivity index (χ1n) is 4.57. The topological polar surface area (TPSA) is 83.0 Å². The Morgan fingerprint density at radius 1 is 1.59 bits per heavy atom. The summed E-state index contributed by atoms with van der Waals surface area (Å²) in [5.74, 6) is -0.862. The third-order valence-electron chi connectivity index (χ3n) is 2.16. The first-order chi connectivity index (χ1) is 7.99. The normalized spacial score (nSPS) is 10.5. The van der Waals surface area contributed by atoms with Gasteiger partial charge in [-0.3, -0.25) is 4.79 Å². The molecule has 0 radical (unpaired) electrons. The number of nitrogens with zero attached hydrogens (tertiary/aromatic N) is 1. The van der Waals surface area contributed by atoms with Gasteiger partial charge in [0.1, 0.15) is 11.4 Å². The van der Waals surface area contributed by atoms with Gasteiger partial charge in [-0.2, -0.15) is 0 Å². The predicted octanol–water partition coefficient (Wildman–Crippen LogP) is 2.11. The second-order valence-electron chi connectivity index (χ2n) is 3.32. The molecule has 2 aromatic rings. The minimum Gasteiger partial charge on any atom is -0.477 e. The van der Waals surface area contributed by atoms with Crippen molar-refractivity contribution in [2.75, 3.05) is 0 Å². The number of aromatic nitrogens is 2. The predicted molar refractivity (Wildman–Crippen MR) is 72.6 cm³/mol. The Balaban J connectivity index is 2.60. The van der Waals surface area contributed by atoms with Crippen molar-refractivity contribution in [2.24, 2.45) is 0 Å². The van der Waals surface area contributed by atoms with E-state index in [0.29, 0.717) is 5.82 Å². The lowest BCUT2D eigenvalue weighted by Gasteiger charge is -2.02.